The maximum absolute atomic E-state index is 12.3. The second-order valence-electron chi connectivity index (χ2n) is 6.13. The number of likely N-dealkylation sites (tertiary alicyclic amines) is 1. The highest BCUT2D eigenvalue weighted by Crippen LogP contribution is 2.27. The van der Waals surface area contributed by atoms with Crippen molar-refractivity contribution in [2.45, 2.75) is 56.7 Å². The molecule has 3 saturated heterocycles. The van der Waals surface area contributed by atoms with Gasteiger partial charge in [0, 0.05) is 25.2 Å². The number of urea groups is 1. The van der Waals surface area contributed by atoms with E-state index in [1.54, 1.807) is 0 Å². The molecule has 0 aromatic heterocycles. The summed E-state index contributed by atoms with van der Waals surface area (Å²) in [6, 6.07) is -0.178. The van der Waals surface area contributed by atoms with E-state index in [9.17, 15) is 9.59 Å². The molecule has 3 rings (SSSR count). The Morgan fingerprint density at radius 1 is 1.00 bits per heavy atom. The minimum absolute atomic E-state index is 0.188. The zero-order valence-corrected chi connectivity index (χ0v) is 11.8. The minimum Gasteiger partial charge on any atom is -0.480 e. The number of nitrogens with zero attached hydrogens (tertiary/aromatic N) is 2. The zero-order valence-electron chi connectivity index (χ0n) is 11.8. The van der Waals surface area contributed by atoms with Gasteiger partial charge in [0.2, 0.25) is 0 Å². The molecule has 0 aliphatic carbocycles. The second-order valence-corrected chi connectivity index (χ2v) is 6.13. The fraction of sp³-hybridized carbons (Fsp3) is 0.857. The summed E-state index contributed by atoms with van der Waals surface area (Å²) < 4.78 is 0. The van der Waals surface area contributed by atoms with Gasteiger partial charge >= 0.3 is 12.0 Å². The van der Waals surface area contributed by atoms with Crippen molar-refractivity contribution in [3.05, 3.63) is 0 Å². The van der Waals surface area contributed by atoms with E-state index in [4.69, 9.17) is 5.11 Å². The molecule has 0 spiro atoms. The summed E-state index contributed by atoms with van der Waals surface area (Å²) in [5.74, 6) is -0.886. The molecule has 6 heteroatoms. The molecule has 20 heavy (non-hydrogen) atoms. The molecule has 0 bridgehead atoms. The van der Waals surface area contributed by atoms with Crippen molar-refractivity contribution in [1.82, 2.24) is 15.1 Å². The van der Waals surface area contributed by atoms with Crippen LogP contribution in [0.4, 0.5) is 4.79 Å². The van der Waals surface area contributed by atoms with Gasteiger partial charge in [0.25, 0.3) is 0 Å². The Hall–Kier alpha value is -1.30. The van der Waals surface area contributed by atoms with E-state index in [1.807, 2.05) is 0 Å². The summed E-state index contributed by atoms with van der Waals surface area (Å²) in [6.07, 6.45) is 5.97. The molecular formula is C14H23N3O3. The summed E-state index contributed by atoms with van der Waals surface area (Å²) in [6.45, 7) is 2.75. The predicted molar refractivity (Wildman–Crippen MR) is 73.5 cm³/mol. The highest BCUT2D eigenvalue weighted by molar-refractivity contribution is 5.83. The number of fused-ring (bicyclic) bond motifs is 1. The number of amides is 2. The van der Waals surface area contributed by atoms with Crippen LogP contribution >= 0.6 is 0 Å². The van der Waals surface area contributed by atoms with Gasteiger partial charge in [-0.1, -0.05) is 6.42 Å². The van der Waals surface area contributed by atoms with Crippen molar-refractivity contribution >= 4 is 12.0 Å². The Labute approximate surface area is 119 Å². The normalized spacial score (nSPS) is 34.0. The molecule has 2 N–H and O–H groups in total. The molecule has 3 heterocycles. The molecular weight excluding hydrogens is 258 g/mol. The smallest absolute Gasteiger partial charge is 0.326 e. The van der Waals surface area contributed by atoms with Crippen LogP contribution in [-0.4, -0.2) is 64.7 Å². The molecule has 0 aromatic rings. The third kappa shape index (κ3) is 2.49. The van der Waals surface area contributed by atoms with E-state index in [0.717, 1.165) is 32.4 Å². The molecule has 3 aliphatic rings. The largest absolute Gasteiger partial charge is 0.480 e. The predicted octanol–water partition coefficient (Wildman–Crippen LogP) is 0.872. The number of rotatable bonds is 2. The number of piperidine rings is 1. The summed E-state index contributed by atoms with van der Waals surface area (Å²) in [4.78, 5) is 27.4. The molecule has 2 amide bonds. The molecule has 112 valence electrons. The molecule has 3 fully saturated rings. The number of hydrogen-bond acceptors (Lipinski definition) is 3. The molecule has 2 unspecified atom stereocenters. The van der Waals surface area contributed by atoms with Gasteiger partial charge in [-0.05, 0) is 38.6 Å². The van der Waals surface area contributed by atoms with Crippen LogP contribution < -0.4 is 5.32 Å². The Morgan fingerprint density at radius 2 is 1.85 bits per heavy atom. The van der Waals surface area contributed by atoms with Gasteiger partial charge < -0.3 is 15.3 Å². The van der Waals surface area contributed by atoms with Gasteiger partial charge in [-0.2, -0.15) is 0 Å². The number of carbonyl (C=O) groups is 2. The monoisotopic (exact) mass is 281 g/mol. The Morgan fingerprint density at radius 3 is 2.65 bits per heavy atom. The fourth-order valence-corrected chi connectivity index (χ4v) is 3.92. The van der Waals surface area contributed by atoms with E-state index in [0.29, 0.717) is 19.0 Å². The van der Waals surface area contributed by atoms with Gasteiger partial charge in [-0.15, -0.1) is 0 Å². The van der Waals surface area contributed by atoms with Gasteiger partial charge in [0.15, 0.2) is 0 Å². The standard InChI is InChI=1S/C14H23N3O3/c18-13(19)12-5-3-8-17(12)14(20)15-10-6-9-16-7-2-1-4-11(10)16/h10-12H,1-9H2,(H,15,20)(H,18,19)/t10?,11?,12-/m0/s1. The van der Waals surface area contributed by atoms with Crippen molar-refractivity contribution < 1.29 is 14.7 Å². The van der Waals surface area contributed by atoms with Gasteiger partial charge in [-0.3, -0.25) is 4.90 Å². The summed E-state index contributed by atoms with van der Waals surface area (Å²) >= 11 is 0. The van der Waals surface area contributed by atoms with Crippen LogP contribution in [0.5, 0.6) is 0 Å². The zero-order chi connectivity index (χ0) is 14.1. The lowest BCUT2D eigenvalue weighted by Gasteiger charge is -2.33. The van der Waals surface area contributed by atoms with Crippen molar-refractivity contribution in [2.24, 2.45) is 0 Å². The van der Waals surface area contributed by atoms with E-state index in [-0.39, 0.29) is 12.1 Å². The van der Waals surface area contributed by atoms with Crippen LogP contribution in [-0.2, 0) is 4.79 Å². The van der Waals surface area contributed by atoms with Crippen LogP contribution in [0.2, 0.25) is 0 Å². The number of nitrogens with one attached hydrogen (secondary N) is 1. The number of carbonyl (C=O) groups excluding carboxylic acids is 1. The van der Waals surface area contributed by atoms with Gasteiger partial charge in [-0.25, -0.2) is 9.59 Å². The van der Waals surface area contributed by atoms with Crippen LogP contribution in [0.1, 0.15) is 38.5 Å². The number of hydrogen-bond donors (Lipinski definition) is 2. The average Bonchev–Trinajstić information content (AvgIpc) is 3.06. The molecule has 3 atom stereocenters. The Balaban J connectivity index is 1.60. The van der Waals surface area contributed by atoms with Crippen molar-refractivity contribution in [3.63, 3.8) is 0 Å². The van der Waals surface area contributed by atoms with Crippen molar-refractivity contribution in [1.29, 1.82) is 0 Å². The second kappa shape index (κ2) is 5.60. The van der Waals surface area contributed by atoms with E-state index in [1.165, 1.54) is 17.7 Å². The highest BCUT2D eigenvalue weighted by atomic mass is 16.4. The summed E-state index contributed by atoms with van der Waals surface area (Å²) in [7, 11) is 0. The topological polar surface area (TPSA) is 72.9 Å². The highest BCUT2D eigenvalue weighted by Gasteiger charge is 2.39. The first kappa shape index (κ1) is 13.7. The SMILES string of the molecule is O=C(O)[C@@H]1CCCN1C(=O)NC1CCN2CCCCC12. The summed E-state index contributed by atoms with van der Waals surface area (Å²) in [5, 5.41) is 12.2. The maximum atomic E-state index is 12.3. The van der Waals surface area contributed by atoms with E-state index < -0.39 is 12.0 Å². The Bertz CT molecular complexity index is 401. The fourth-order valence-electron chi connectivity index (χ4n) is 3.92. The number of carboxylic acid groups (broad SMARTS) is 1. The van der Waals surface area contributed by atoms with Crippen LogP contribution in [0.15, 0.2) is 0 Å². The maximum Gasteiger partial charge on any atom is 0.326 e. The first-order valence-electron chi connectivity index (χ1n) is 7.71. The first-order chi connectivity index (χ1) is 9.66. The Kier molecular flexibility index (Phi) is 3.83. The van der Waals surface area contributed by atoms with Gasteiger partial charge in [0.05, 0.1) is 0 Å². The molecule has 0 aromatic carbocycles. The third-order valence-electron chi connectivity index (χ3n) is 4.96. The quantitative estimate of drug-likeness (QED) is 0.788. The molecule has 6 nitrogen and oxygen atoms in total. The summed E-state index contributed by atoms with van der Waals surface area (Å²) in [5.41, 5.74) is 0. The molecule has 0 radical (unpaired) electrons. The van der Waals surface area contributed by atoms with Crippen molar-refractivity contribution in [2.75, 3.05) is 19.6 Å². The lowest BCUT2D eigenvalue weighted by atomic mass is 9.99. The third-order valence-corrected chi connectivity index (χ3v) is 4.96. The lowest BCUT2D eigenvalue weighted by molar-refractivity contribution is -0.141. The molecule has 0 saturated carbocycles. The lowest BCUT2D eigenvalue weighted by Crippen LogP contribution is -2.52. The van der Waals surface area contributed by atoms with Crippen LogP contribution in [0.3, 0.4) is 0 Å². The van der Waals surface area contributed by atoms with E-state index >= 15 is 0 Å². The minimum atomic E-state index is -0.886. The van der Waals surface area contributed by atoms with Gasteiger partial charge in [0.1, 0.15) is 6.04 Å². The number of carboxylic acids is 1. The van der Waals surface area contributed by atoms with Crippen LogP contribution in [0, 0.1) is 0 Å². The number of aliphatic carboxylic acids is 1. The first-order valence-corrected chi connectivity index (χ1v) is 7.71. The molecule has 3 aliphatic heterocycles. The van der Waals surface area contributed by atoms with Crippen LogP contribution in [0.25, 0.3) is 0 Å². The van der Waals surface area contributed by atoms with E-state index in [2.05, 4.69) is 10.2 Å². The van der Waals surface area contributed by atoms with Crippen molar-refractivity contribution in [3.8, 4) is 0 Å². The average molecular weight is 281 g/mol.